The first-order valence-corrected chi connectivity index (χ1v) is 8.72. The summed E-state index contributed by atoms with van der Waals surface area (Å²) in [5, 5.41) is 22.3. The topological polar surface area (TPSA) is 85.3 Å². The Labute approximate surface area is 157 Å². The highest BCUT2D eigenvalue weighted by molar-refractivity contribution is 9.10. The molecule has 8 heteroatoms. The number of nitrogens with zero attached hydrogens (tertiary/aromatic N) is 5. The minimum Gasteiger partial charge on any atom is -0.493 e. The highest BCUT2D eigenvalue weighted by Gasteiger charge is 2.18. The van der Waals surface area contributed by atoms with Crippen molar-refractivity contribution in [2.24, 2.45) is 5.18 Å². The van der Waals surface area contributed by atoms with Gasteiger partial charge in [-0.1, -0.05) is 51.5 Å². The van der Waals surface area contributed by atoms with Crippen molar-refractivity contribution in [1.29, 1.82) is 0 Å². The van der Waals surface area contributed by atoms with Crippen LogP contribution in [0.25, 0.3) is 10.9 Å². The first-order chi connectivity index (χ1) is 12.7. The SMILES string of the molecule is O=Nc1c(O)n(Cc2cn(Cc3ccccc3)nn2)c2ccc(Br)cc12. The van der Waals surface area contributed by atoms with Gasteiger partial charge in [-0.05, 0) is 28.9 Å². The first kappa shape index (κ1) is 16.5. The molecule has 0 bridgehead atoms. The van der Waals surface area contributed by atoms with Crippen molar-refractivity contribution in [2.45, 2.75) is 13.1 Å². The van der Waals surface area contributed by atoms with Crippen molar-refractivity contribution in [3.63, 3.8) is 0 Å². The summed E-state index contributed by atoms with van der Waals surface area (Å²) in [7, 11) is 0. The maximum absolute atomic E-state index is 11.2. The zero-order chi connectivity index (χ0) is 18.1. The maximum Gasteiger partial charge on any atom is 0.222 e. The van der Waals surface area contributed by atoms with Crippen LogP contribution in [0.4, 0.5) is 5.69 Å². The average molecular weight is 412 g/mol. The molecule has 0 aliphatic rings. The highest BCUT2D eigenvalue weighted by Crippen LogP contribution is 2.39. The fourth-order valence-electron chi connectivity index (χ4n) is 2.97. The van der Waals surface area contributed by atoms with Crippen LogP contribution in [0.2, 0.25) is 0 Å². The molecule has 26 heavy (non-hydrogen) atoms. The van der Waals surface area contributed by atoms with E-state index in [1.165, 1.54) is 0 Å². The van der Waals surface area contributed by atoms with Gasteiger partial charge in [-0.25, -0.2) is 4.68 Å². The largest absolute Gasteiger partial charge is 0.493 e. The number of nitroso groups, excluding NO2 is 1. The summed E-state index contributed by atoms with van der Waals surface area (Å²) in [4.78, 5) is 11.2. The molecule has 2 aromatic carbocycles. The van der Waals surface area contributed by atoms with Crippen LogP contribution in [-0.2, 0) is 13.1 Å². The molecule has 0 aliphatic heterocycles. The number of hydrogen-bond donors (Lipinski definition) is 1. The van der Waals surface area contributed by atoms with Crippen LogP contribution >= 0.6 is 15.9 Å². The Morgan fingerprint density at radius 3 is 2.69 bits per heavy atom. The molecule has 0 amide bonds. The molecule has 0 spiro atoms. The van der Waals surface area contributed by atoms with Gasteiger partial charge in [0.15, 0.2) is 5.69 Å². The van der Waals surface area contributed by atoms with E-state index in [1.54, 1.807) is 15.3 Å². The van der Waals surface area contributed by atoms with Gasteiger partial charge in [0.2, 0.25) is 5.88 Å². The maximum atomic E-state index is 11.2. The number of fused-ring (bicyclic) bond motifs is 1. The van der Waals surface area contributed by atoms with E-state index in [0.29, 0.717) is 23.1 Å². The lowest BCUT2D eigenvalue weighted by molar-refractivity contribution is 0.429. The van der Waals surface area contributed by atoms with Gasteiger partial charge in [0.05, 0.1) is 24.8 Å². The van der Waals surface area contributed by atoms with Crippen molar-refractivity contribution in [2.75, 3.05) is 0 Å². The van der Waals surface area contributed by atoms with Crippen molar-refractivity contribution >= 4 is 32.5 Å². The van der Waals surface area contributed by atoms with E-state index in [-0.39, 0.29) is 18.1 Å². The molecule has 0 saturated carbocycles. The lowest BCUT2D eigenvalue weighted by atomic mass is 10.2. The molecule has 7 nitrogen and oxygen atoms in total. The smallest absolute Gasteiger partial charge is 0.222 e. The van der Waals surface area contributed by atoms with Gasteiger partial charge >= 0.3 is 0 Å². The van der Waals surface area contributed by atoms with E-state index in [0.717, 1.165) is 10.0 Å². The standard InChI is InChI=1S/C18H14BrN5O2/c19-13-6-7-16-15(8-13)17(21-26)18(25)24(16)11-14-10-23(22-20-14)9-12-4-2-1-3-5-12/h1-8,10,25H,9,11H2. The van der Waals surface area contributed by atoms with Gasteiger partial charge in [0, 0.05) is 9.86 Å². The predicted molar refractivity (Wildman–Crippen MR) is 101 cm³/mol. The van der Waals surface area contributed by atoms with E-state index in [9.17, 15) is 10.0 Å². The number of halogens is 1. The van der Waals surface area contributed by atoms with Crippen LogP contribution in [0.5, 0.6) is 5.88 Å². The molecule has 0 saturated heterocycles. The second-order valence-electron chi connectivity index (χ2n) is 5.90. The molecule has 0 fully saturated rings. The Morgan fingerprint density at radius 2 is 1.92 bits per heavy atom. The molecule has 2 heterocycles. The summed E-state index contributed by atoms with van der Waals surface area (Å²) < 4.78 is 4.15. The third kappa shape index (κ3) is 2.99. The Kier molecular flexibility index (Phi) is 4.26. The number of benzene rings is 2. The zero-order valence-corrected chi connectivity index (χ0v) is 15.2. The molecule has 2 aromatic heterocycles. The van der Waals surface area contributed by atoms with Gasteiger partial charge < -0.3 is 9.67 Å². The monoisotopic (exact) mass is 411 g/mol. The Hall–Kier alpha value is -3.00. The number of hydrogen-bond acceptors (Lipinski definition) is 5. The van der Waals surface area contributed by atoms with Crippen molar-refractivity contribution in [1.82, 2.24) is 19.6 Å². The third-order valence-electron chi connectivity index (χ3n) is 4.16. The minimum atomic E-state index is -0.175. The second kappa shape index (κ2) is 6.72. The highest BCUT2D eigenvalue weighted by atomic mass is 79.9. The lowest BCUT2D eigenvalue weighted by Gasteiger charge is -2.04. The van der Waals surface area contributed by atoms with E-state index in [1.807, 2.05) is 48.7 Å². The molecule has 0 atom stereocenters. The fraction of sp³-hybridized carbons (Fsp3) is 0.111. The van der Waals surface area contributed by atoms with E-state index in [4.69, 9.17) is 0 Å². The first-order valence-electron chi connectivity index (χ1n) is 7.92. The van der Waals surface area contributed by atoms with Gasteiger partial charge in [-0.2, -0.15) is 0 Å². The molecule has 130 valence electrons. The van der Waals surface area contributed by atoms with Crippen LogP contribution in [0.3, 0.4) is 0 Å². The average Bonchev–Trinajstić information content (AvgIpc) is 3.18. The molecular weight excluding hydrogens is 398 g/mol. The molecule has 1 N–H and O–H groups in total. The summed E-state index contributed by atoms with van der Waals surface area (Å²) in [5.74, 6) is -0.175. The second-order valence-corrected chi connectivity index (χ2v) is 6.82. The van der Waals surface area contributed by atoms with Crippen LogP contribution < -0.4 is 0 Å². The van der Waals surface area contributed by atoms with Crippen molar-refractivity contribution < 1.29 is 5.11 Å². The summed E-state index contributed by atoms with van der Waals surface area (Å²) in [6, 6.07) is 15.4. The zero-order valence-electron chi connectivity index (χ0n) is 13.6. The fourth-order valence-corrected chi connectivity index (χ4v) is 3.33. The summed E-state index contributed by atoms with van der Waals surface area (Å²) >= 11 is 3.37. The van der Waals surface area contributed by atoms with Crippen LogP contribution in [0.1, 0.15) is 11.3 Å². The third-order valence-corrected chi connectivity index (χ3v) is 4.65. The van der Waals surface area contributed by atoms with Crippen LogP contribution in [-0.4, -0.2) is 24.7 Å². The van der Waals surface area contributed by atoms with Gasteiger partial charge in [-0.15, -0.1) is 10.0 Å². The number of rotatable bonds is 5. The van der Waals surface area contributed by atoms with Crippen LogP contribution in [0.15, 0.2) is 64.4 Å². The molecule has 4 rings (SSSR count). The quantitative estimate of drug-likeness (QED) is 0.498. The molecule has 0 unspecified atom stereocenters. The normalized spacial score (nSPS) is 11.1. The minimum absolute atomic E-state index is 0.0259. The Balaban J connectivity index is 1.66. The Morgan fingerprint density at radius 1 is 1.12 bits per heavy atom. The van der Waals surface area contributed by atoms with E-state index in [2.05, 4.69) is 31.4 Å². The van der Waals surface area contributed by atoms with Crippen molar-refractivity contribution in [3.8, 4) is 5.88 Å². The summed E-state index contributed by atoms with van der Waals surface area (Å²) in [6.07, 6.45) is 1.82. The number of aromatic hydroxyl groups is 1. The van der Waals surface area contributed by atoms with Crippen LogP contribution in [0, 0.1) is 4.91 Å². The predicted octanol–water partition coefficient (Wildman–Crippen LogP) is 4.20. The Bertz CT molecular complexity index is 1090. The van der Waals surface area contributed by atoms with E-state index >= 15 is 0 Å². The lowest BCUT2D eigenvalue weighted by Crippen LogP contribution is -2.00. The summed E-state index contributed by atoms with van der Waals surface area (Å²) in [6.45, 7) is 0.897. The van der Waals surface area contributed by atoms with Gasteiger partial charge in [0.1, 0.15) is 5.69 Å². The van der Waals surface area contributed by atoms with Gasteiger partial charge in [-0.3, -0.25) is 0 Å². The summed E-state index contributed by atoms with van der Waals surface area (Å²) in [5.41, 5.74) is 2.53. The molecule has 0 aliphatic carbocycles. The van der Waals surface area contributed by atoms with Gasteiger partial charge in [0.25, 0.3) is 0 Å². The van der Waals surface area contributed by atoms with E-state index < -0.39 is 0 Å². The molecule has 0 radical (unpaired) electrons. The van der Waals surface area contributed by atoms with Crippen molar-refractivity contribution in [3.05, 3.63) is 75.4 Å². The number of aromatic nitrogens is 4. The molecule has 4 aromatic rings. The molecular formula is C18H14BrN5O2.